The van der Waals surface area contributed by atoms with Crippen LogP contribution in [0.1, 0.15) is 42.0 Å². The quantitative estimate of drug-likeness (QED) is 0.811. The predicted octanol–water partition coefficient (Wildman–Crippen LogP) is 4.48. The fourth-order valence-corrected chi connectivity index (χ4v) is 3.27. The van der Waals surface area contributed by atoms with Gasteiger partial charge in [-0.15, -0.1) is 11.3 Å². The molecule has 2 aromatic rings. The molecule has 2 unspecified atom stereocenters. The van der Waals surface area contributed by atoms with E-state index in [1.807, 2.05) is 6.07 Å². The van der Waals surface area contributed by atoms with Crippen LogP contribution in [0.4, 0.5) is 0 Å². The molecule has 1 heterocycles. The highest BCUT2D eigenvalue weighted by atomic mass is 32.1. The van der Waals surface area contributed by atoms with Gasteiger partial charge in [0, 0.05) is 11.5 Å². The first kappa shape index (κ1) is 15.2. The first-order valence-electron chi connectivity index (χ1n) is 7.21. The maximum Gasteiger partial charge on any atom is 0.102 e. The molecule has 0 aliphatic rings. The number of benzene rings is 1. The van der Waals surface area contributed by atoms with Crippen molar-refractivity contribution in [3.05, 3.63) is 57.8 Å². The van der Waals surface area contributed by atoms with Gasteiger partial charge < -0.3 is 10.1 Å². The van der Waals surface area contributed by atoms with E-state index in [1.165, 1.54) is 16.0 Å². The topological polar surface area (TPSA) is 21.3 Å². The molecule has 0 aliphatic heterocycles. The lowest BCUT2D eigenvalue weighted by atomic mass is 9.96. The van der Waals surface area contributed by atoms with Gasteiger partial charge in [0.1, 0.15) is 6.10 Å². The molecule has 20 heavy (non-hydrogen) atoms. The molecular weight excluding hydrogens is 266 g/mol. The fourth-order valence-electron chi connectivity index (χ4n) is 2.52. The van der Waals surface area contributed by atoms with Crippen LogP contribution in [0.25, 0.3) is 0 Å². The number of nitrogens with one attached hydrogen (secondary N) is 1. The van der Waals surface area contributed by atoms with Crippen LogP contribution in [0.2, 0.25) is 0 Å². The van der Waals surface area contributed by atoms with Crippen molar-refractivity contribution in [1.29, 1.82) is 0 Å². The molecule has 1 N–H and O–H groups in total. The SMILES string of the molecule is CCNC(c1ccsc1C)C(OCC)c1ccccc1. The number of hydrogen-bond acceptors (Lipinski definition) is 3. The zero-order valence-corrected chi connectivity index (χ0v) is 13.2. The third-order valence-corrected chi connectivity index (χ3v) is 4.30. The van der Waals surface area contributed by atoms with Crippen molar-refractivity contribution in [3.8, 4) is 0 Å². The number of likely N-dealkylation sites (N-methyl/N-ethyl adjacent to an activating group) is 1. The average Bonchev–Trinajstić information content (AvgIpc) is 2.90. The standard InChI is InChI=1S/C17H23NOS/c1-4-18-16(15-11-12-20-13(15)3)17(19-5-2)14-9-7-6-8-10-14/h6-12,16-18H,4-5H2,1-3H3. The summed E-state index contributed by atoms with van der Waals surface area (Å²) in [6.45, 7) is 8.02. The number of rotatable bonds is 7. The number of ether oxygens (including phenoxy) is 1. The first-order chi connectivity index (χ1) is 9.77. The highest BCUT2D eigenvalue weighted by Crippen LogP contribution is 2.35. The van der Waals surface area contributed by atoms with E-state index in [4.69, 9.17) is 4.74 Å². The largest absolute Gasteiger partial charge is 0.372 e. The van der Waals surface area contributed by atoms with Gasteiger partial charge in [-0.1, -0.05) is 37.3 Å². The number of hydrogen-bond donors (Lipinski definition) is 1. The molecule has 0 radical (unpaired) electrons. The summed E-state index contributed by atoms with van der Waals surface area (Å²) in [5.41, 5.74) is 2.57. The Morgan fingerprint density at radius 1 is 1.15 bits per heavy atom. The van der Waals surface area contributed by atoms with E-state index in [0.29, 0.717) is 6.61 Å². The summed E-state index contributed by atoms with van der Waals surface area (Å²) < 4.78 is 6.06. The summed E-state index contributed by atoms with van der Waals surface area (Å²) in [5.74, 6) is 0. The van der Waals surface area contributed by atoms with Crippen LogP contribution >= 0.6 is 11.3 Å². The smallest absolute Gasteiger partial charge is 0.102 e. The van der Waals surface area contributed by atoms with Crippen LogP contribution in [-0.2, 0) is 4.74 Å². The Morgan fingerprint density at radius 2 is 1.90 bits per heavy atom. The molecular formula is C17H23NOS. The van der Waals surface area contributed by atoms with E-state index >= 15 is 0 Å². The maximum atomic E-state index is 6.06. The minimum Gasteiger partial charge on any atom is -0.372 e. The van der Waals surface area contributed by atoms with Crippen LogP contribution in [0.5, 0.6) is 0 Å². The van der Waals surface area contributed by atoms with Crippen LogP contribution in [-0.4, -0.2) is 13.2 Å². The Hall–Kier alpha value is -1.16. The Balaban J connectivity index is 2.35. The lowest BCUT2D eigenvalue weighted by molar-refractivity contribution is 0.0330. The number of thiophene rings is 1. The molecule has 0 saturated heterocycles. The maximum absolute atomic E-state index is 6.06. The Kier molecular flexibility index (Phi) is 5.77. The molecule has 1 aromatic carbocycles. The third-order valence-electron chi connectivity index (χ3n) is 3.44. The fraction of sp³-hybridized carbons (Fsp3) is 0.412. The molecule has 0 spiro atoms. The zero-order valence-electron chi connectivity index (χ0n) is 12.4. The minimum atomic E-state index is 0.0504. The van der Waals surface area contributed by atoms with E-state index in [2.05, 4.69) is 61.8 Å². The molecule has 3 heteroatoms. The van der Waals surface area contributed by atoms with Crippen LogP contribution in [0, 0.1) is 6.92 Å². The van der Waals surface area contributed by atoms with Gasteiger partial charge in [0.05, 0.1) is 6.04 Å². The van der Waals surface area contributed by atoms with Gasteiger partial charge in [0.15, 0.2) is 0 Å². The van der Waals surface area contributed by atoms with Gasteiger partial charge in [-0.05, 0) is 43.0 Å². The van der Waals surface area contributed by atoms with Crippen molar-refractivity contribution >= 4 is 11.3 Å². The molecule has 108 valence electrons. The van der Waals surface area contributed by atoms with Gasteiger partial charge in [-0.3, -0.25) is 0 Å². The predicted molar refractivity (Wildman–Crippen MR) is 86.3 cm³/mol. The Labute approximate surface area is 125 Å². The molecule has 0 saturated carbocycles. The van der Waals surface area contributed by atoms with Crippen molar-refractivity contribution in [1.82, 2.24) is 5.32 Å². The summed E-state index contributed by atoms with van der Waals surface area (Å²) in [7, 11) is 0. The average molecular weight is 289 g/mol. The molecule has 2 rings (SSSR count). The first-order valence-corrected chi connectivity index (χ1v) is 8.09. The van der Waals surface area contributed by atoms with Gasteiger partial charge in [0.25, 0.3) is 0 Å². The van der Waals surface area contributed by atoms with Crippen LogP contribution < -0.4 is 5.32 Å². The van der Waals surface area contributed by atoms with E-state index in [1.54, 1.807) is 11.3 Å². The van der Waals surface area contributed by atoms with Crippen molar-refractivity contribution in [3.63, 3.8) is 0 Å². The minimum absolute atomic E-state index is 0.0504. The summed E-state index contributed by atoms with van der Waals surface area (Å²) in [6.07, 6.45) is 0.0504. The molecule has 2 atom stereocenters. The van der Waals surface area contributed by atoms with Crippen LogP contribution in [0.3, 0.4) is 0 Å². The third kappa shape index (κ3) is 3.48. The van der Waals surface area contributed by atoms with Crippen molar-refractivity contribution in [2.45, 2.75) is 32.9 Å². The molecule has 0 fully saturated rings. The highest BCUT2D eigenvalue weighted by molar-refractivity contribution is 7.10. The summed E-state index contributed by atoms with van der Waals surface area (Å²) >= 11 is 1.79. The van der Waals surface area contributed by atoms with Gasteiger partial charge in [0.2, 0.25) is 0 Å². The van der Waals surface area contributed by atoms with Gasteiger partial charge in [-0.2, -0.15) is 0 Å². The second-order valence-corrected chi connectivity index (χ2v) is 5.87. The van der Waals surface area contributed by atoms with E-state index < -0.39 is 0 Å². The zero-order chi connectivity index (χ0) is 14.4. The second kappa shape index (κ2) is 7.58. The molecule has 2 nitrogen and oxygen atoms in total. The summed E-state index contributed by atoms with van der Waals surface area (Å²) in [6, 6.07) is 12.9. The van der Waals surface area contributed by atoms with Crippen molar-refractivity contribution in [2.75, 3.05) is 13.2 Å². The highest BCUT2D eigenvalue weighted by Gasteiger charge is 2.26. The molecule has 0 amide bonds. The lowest BCUT2D eigenvalue weighted by Gasteiger charge is -2.28. The Bertz CT molecular complexity index is 509. The lowest BCUT2D eigenvalue weighted by Crippen LogP contribution is -2.28. The van der Waals surface area contributed by atoms with E-state index in [-0.39, 0.29) is 12.1 Å². The monoisotopic (exact) mass is 289 g/mol. The molecule has 1 aromatic heterocycles. The summed E-state index contributed by atoms with van der Waals surface area (Å²) in [4.78, 5) is 1.36. The normalized spacial score (nSPS) is 14.2. The van der Waals surface area contributed by atoms with Crippen molar-refractivity contribution in [2.24, 2.45) is 0 Å². The second-order valence-electron chi connectivity index (χ2n) is 4.75. The number of aryl methyl sites for hydroxylation is 1. The van der Waals surface area contributed by atoms with Crippen molar-refractivity contribution < 1.29 is 4.74 Å². The van der Waals surface area contributed by atoms with Crippen LogP contribution in [0.15, 0.2) is 41.8 Å². The molecule has 0 bridgehead atoms. The van der Waals surface area contributed by atoms with Gasteiger partial charge in [-0.25, -0.2) is 0 Å². The Morgan fingerprint density at radius 3 is 2.45 bits per heavy atom. The van der Waals surface area contributed by atoms with E-state index in [9.17, 15) is 0 Å². The molecule has 0 aliphatic carbocycles. The van der Waals surface area contributed by atoms with E-state index in [0.717, 1.165) is 6.54 Å². The summed E-state index contributed by atoms with van der Waals surface area (Å²) in [5, 5.41) is 5.75. The van der Waals surface area contributed by atoms with Gasteiger partial charge >= 0.3 is 0 Å².